The molecule has 0 spiro atoms. The van der Waals surface area contributed by atoms with Crippen LogP contribution in [0.5, 0.6) is 0 Å². The summed E-state index contributed by atoms with van der Waals surface area (Å²) in [5, 5.41) is 7.15. The van der Waals surface area contributed by atoms with Crippen LogP contribution in [0.4, 0.5) is 11.4 Å². The molecular formula is C17H25N3OS. The van der Waals surface area contributed by atoms with Crippen LogP contribution in [0.25, 0.3) is 0 Å². The van der Waals surface area contributed by atoms with E-state index in [2.05, 4.69) is 39.8 Å². The summed E-state index contributed by atoms with van der Waals surface area (Å²) in [5.41, 5.74) is 2.34. The average Bonchev–Trinajstić information content (AvgIpc) is 3.08. The van der Waals surface area contributed by atoms with E-state index in [1.54, 1.807) is 0 Å². The molecule has 22 heavy (non-hydrogen) atoms. The number of nitrogens with one attached hydrogen (secondary N) is 2. The molecule has 0 bridgehead atoms. The van der Waals surface area contributed by atoms with Crippen molar-refractivity contribution in [2.45, 2.75) is 38.2 Å². The van der Waals surface area contributed by atoms with Crippen LogP contribution in [0, 0.1) is 0 Å². The van der Waals surface area contributed by atoms with Crippen molar-refractivity contribution in [1.82, 2.24) is 5.32 Å². The number of hydrogen-bond acceptors (Lipinski definition) is 3. The Hall–Kier alpha value is -1.33. The Morgan fingerprint density at radius 2 is 1.91 bits per heavy atom. The largest absolute Gasteiger partial charge is 0.376 e. The normalized spacial score (nSPS) is 21.6. The number of piperidine rings is 1. The lowest BCUT2D eigenvalue weighted by Gasteiger charge is -2.28. The first kappa shape index (κ1) is 15.6. The van der Waals surface area contributed by atoms with E-state index in [4.69, 9.17) is 17.0 Å². The van der Waals surface area contributed by atoms with Crippen molar-refractivity contribution < 1.29 is 4.74 Å². The quantitative estimate of drug-likeness (QED) is 0.834. The second-order valence-corrected chi connectivity index (χ2v) is 6.47. The van der Waals surface area contributed by atoms with Gasteiger partial charge in [-0.25, -0.2) is 0 Å². The van der Waals surface area contributed by atoms with Crippen LogP contribution >= 0.6 is 12.2 Å². The maximum absolute atomic E-state index is 5.58. The molecule has 0 radical (unpaired) electrons. The van der Waals surface area contributed by atoms with E-state index in [1.807, 2.05) is 0 Å². The zero-order valence-electron chi connectivity index (χ0n) is 13.0. The van der Waals surface area contributed by atoms with E-state index in [-0.39, 0.29) is 0 Å². The molecule has 2 aliphatic rings. The summed E-state index contributed by atoms with van der Waals surface area (Å²) in [7, 11) is 0. The summed E-state index contributed by atoms with van der Waals surface area (Å²) in [5.74, 6) is 0. The molecule has 0 aliphatic carbocycles. The third-order valence-electron chi connectivity index (χ3n) is 4.36. The van der Waals surface area contributed by atoms with Crippen LogP contribution in [0.3, 0.4) is 0 Å². The highest BCUT2D eigenvalue weighted by Crippen LogP contribution is 2.21. The van der Waals surface area contributed by atoms with Crippen LogP contribution in [-0.2, 0) is 4.74 Å². The minimum atomic E-state index is 0.307. The van der Waals surface area contributed by atoms with Crippen molar-refractivity contribution >= 4 is 28.7 Å². The molecule has 2 saturated heterocycles. The second kappa shape index (κ2) is 7.79. The fourth-order valence-corrected chi connectivity index (χ4v) is 3.30. The van der Waals surface area contributed by atoms with Gasteiger partial charge in [0.05, 0.1) is 6.10 Å². The lowest BCUT2D eigenvalue weighted by molar-refractivity contribution is 0.114. The molecule has 2 N–H and O–H groups in total. The van der Waals surface area contributed by atoms with Crippen molar-refractivity contribution in [2.75, 3.05) is 36.5 Å². The van der Waals surface area contributed by atoms with Gasteiger partial charge in [-0.1, -0.05) is 0 Å². The van der Waals surface area contributed by atoms with Crippen molar-refractivity contribution in [3.05, 3.63) is 24.3 Å². The predicted molar refractivity (Wildman–Crippen MR) is 95.7 cm³/mol. The topological polar surface area (TPSA) is 36.5 Å². The van der Waals surface area contributed by atoms with Gasteiger partial charge < -0.3 is 20.3 Å². The zero-order chi connectivity index (χ0) is 15.2. The SMILES string of the molecule is S=C(NC[C@H]1CCCO1)Nc1ccc(N2CCCCC2)cc1. The molecule has 4 nitrogen and oxygen atoms in total. The molecule has 5 heteroatoms. The highest BCUT2D eigenvalue weighted by molar-refractivity contribution is 7.80. The minimum Gasteiger partial charge on any atom is -0.376 e. The van der Waals surface area contributed by atoms with Crippen molar-refractivity contribution in [3.8, 4) is 0 Å². The Bertz CT molecular complexity index is 479. The maximum Gasteiger partial charge on any atom is 0.170 e. The number of nitrogens with zero attached hydrogens (tertiary/aromatic N) is 1. The first-order valence-corrected chi connectivity index (χ1v) is 8.73. The first-order chi connectivity index (χ1) is 10.8. The standard InChI is InChI=1S/C17H25N3OS/c22-17(18-13-16-5-4-12-21-16)19-14-6-8-15(9-7-14)20-10-2-1-3-11-20/h6-9,16H,1-5,10-13H2,(H2,18,19,22)/t16-/m1/s1. The Morgan fingerprint density at radius 1 is 1.14 bits per heavy atom. The van der Waals surface area contributed by atoms with Crippen molar-refractivity contribution in [2.24, 2.45) is 0 Å². The maximum atomic E-state index is 5.58. The molecule has 0 aromatic heterocycles. The summed E-state index contributed by atoms with van der Waals surface area (Å²) in [4.78, 5) is 2.46. The van der Waals surface area contributed by atoms with Gasteiger partial charge in [0.25, 0.3) is 0 Å². The lowest BCUT2D eigenvalue weighted by Crippen LogP contribution is -2.34. The highest BCUT2D eigenvalue weighted by Gasteiger charge is 2.15. The number of benzene rings is 1. The summed E-state index contributed by atoms with van der Waals surface area (Å²) in [6, 6.07) is 8.56. The Balaban J connectivity index is 1.46. The third kappa shape index (κ3) is 4.34. The fourth-order valence-electron chi connectivity index (χ4n) is 3.09. The molecule has 1 aromatic rings. The van der Waals surface area contributed by atoms with E-state index >= 15 is 0 Å². The smallest absolute Gasteiger partial charge is 0.170 e. The Labute approximate surface area is 138 Å². The molecule has 1 atom stereocenters. The van der Waals surface area contributed by atoms with Gasteiger partial charge in [0.15, 0.2) is 5.11 Å². The predicted octanol–water partition coefficient (Wildman–Crippen LogP) is 3.14. The van der Waals surface area contributed by atoms with Gasteiger partial charge in [-0.3, -0.25) is 0 Å². The van der Waals surface area contributed by atoms with Crippen LogP contribution in [-0.4, -0.2) is 37.5 Å². The summed E-state index contributed by atoms with van der Waals surface area (Å²) >= 11 is 5.34. The van der Waals surface area contributed by atoms with E-state index < -0.39 is 0 Å². The molecule has 2 aliphatic heterocycles. The Kier molecular flexibility index (Phi) is 5.51. The van der Waals surface area contributed by atoms with Gasteiger partial charge >= 0.3 is 0 Å². The molecule has 0 saturated carbocycles. The van der Waals surface area contributed by atoms with Gasteiger partial charge in [-0.2, -0.15) is 0 Å². The van der Waals surface area contributed by atoms with Crippen LogP contribution in [0.1, 0.15) is 32.1 Å². The monoisotopic (exact) mass is 319 g/mol. The number of ether oxygens (including phenoxy) is 1. The number of anilines is 2. The van der Waals surface area contributed by atoms with Crippen molar-refractivity contribution in [1.29, 1.82) is 0 Å². The number of thiocarbonyl (C=S) groups is 1. The Morgan fingerprint density at radius 3 is 2.59 bits per heavy atom. The minimum absolute atomic E-state index is 0.307. The van der Waals surface area contributed by atoms with E-state index in [0.717, 1.165) is 31.7 Å². The van der Waals surface area contributed by atoms with E-state index in [9.17, 15) is 0 Å². The molecule has 0 amide bonds. The summed E-state index contributed by atoms with van der Waals surface area (Å²) in [6.07, 6.45) is 6.56. The van der Waals surface area contributed by atoms with Gasteiger partial charge in [0.2, 0.25) is 0 Å². The number of rotatable bonds is 4. The third-order valence-corrected chi connectivity index (χ3v) is 4.61. The van der Waals surface area contributed by atoms with E-state index in [0.29, 0.717) is 11.2 Å². The fraction of sp³-hybridized carbons (Fsp3) is 0.588. The van der Waals surface area contributed by atoms with Crippen LogP contribution in [0.2, 0.25) is 0 Å². The molecule has 2 heterocycles. The second-order valence-electron chi connectivity index (χ2n) is 6.06. The van der Waals surface area contributed by atoms with Gasteiger partial charge in [0, 0.05) is 37.6 Å². The molecule has 2 fully saturated rings. The molecular weight excluding hydrogens is 294 g/mol. The molecule has 120 valence electrons. The molecule has 1 aromatic carbocycles. The van der Waals surface area contributed by atoms with Crippen molar-refractivity contribution in [3.63, 3.8) is 0 Å². The summed E-state index contributed by atoms with van der Waals surface area (Å²) in [6.45, 7) is 4.02. The van der Waals surface area contributed by atoms with Gasteiger partial charge in [-0.05, 0) is 68.6 Å². The van der Waals surface area contributed by atoms with Gasteiger partial charge in [0.1, 0.15) is 0 Å². The number of hydrogen-bond donors (Lipinski definition) is 2. The first-order valence-electron chi connectivity index (χ1n) is 8.33. The zero-order valence-corrected chi connectivity index (χ0v) is 13.8. The van der Waals surface area contributed by atoms with Crippen LogP contribution in [0.15, 0.2) is 24.3 Å². The molecule has 0 unspecified atom stereocenters. The lowest BCUT2D eigenvalue weighted by atomic mass is 10.1. The highest BCUT2D eigenvalue weighted by atomic mass is 32.1. The average molecular weight is 319 g/mol. The van der Waals surface area contributed by atoms with E-state index in [1.165, 1.54) is 38.0 Å². The summed E-state index contributed by atoms with van der Waals surface area (Å²) < 4.78 is 5.58. The molecule has 3 rings (SSSR count). The van der Waals surface area contributed by atoms with Gasteiger partial charge in [-0.15, -0.1) is 0 Å². The van der Waals surface area contributed by atoms with Crippen LogP contribution < -0.4 is 15.5 Å².